The number of carboxylic acid groups (broad SMARTS) is 1. The molecule has 0 saturated carbocycles. The van der Waals surface area contributed by atoms with Crippen LogP contribution in [0.2, 0.25) is 0 Å². The van der Waals surface area contributed by atoms with Gasteiger partial charge in [0.2, 0.25) is 0 Å². The van der Waals surface area contributed by atoms with Gasteiger partial charge in [0.05, 0.1) is 5.56 Å². The van der Waals surface area contributed by atoms with Crippen molar-refractivity contribution < 1.29 is 14.3 Å². The Balaban J connectivity index is 1.93. The molecule has 0 bridgehead atoms. The normalized spacial score (nSPS) is 10.7. The van der Waals surface area contributed by atoms with Crippen molar-refractivity contribution in [2.75, 3.05) is 0 Å². The maximum absolute atomic E-state index is 10.8. The highest BCUT2D eigenvalue weighted by atomic mass is 32.1. The van der Waals surface area contributed by atoms with Gasteiger partial charge >= 0.3 is 5.97 Å². The second kappa shape index (κ2) is 4.86. The first-order chi connectivity index (χ1) is 9.63. The van der Waals surface area contributed by atoms with Gasteiger partial charge in [0.1, 0.15) is 12.0 Å². The highest BCUT2D eigenvalue weighted by Crippen LogP contribution is 2.28. The van der Waals surface area contributed by atoms with Crippen LogP contribution in [0, 0.1) is 6.92 Å². The standard InChI is InChI=1S/C13H9N3O3S/c1-7-3-14-11(15-4-7)12-16-9(6-20-12)10-2-8(5-19-10)13(17)18/h2-6H,1H3,(H,17,18). The summed E-state index contributed by atoms with van der Waals surface area (Å²) in [5.41, 5.74) is 1.64. The first kappa shape index (κ1) is 12.5. The third-order valence-corrected chi connectivity index (χ3v) is 3.41. The molecule has 3 rings (SSSR count). The molecule has 3 heterocycles. The fourth-order valence-corrected chi connectivity index (χ4v) is 2.33. The molecule has 100 valence electrons. The summed E-state index contributed by atoms with van der Waals surface area (Å²) in [6.45, 7) is 1.91. The van der Waals surface area contributed by atoms with E-state index >= 15 is 0 Å². The van der Waals surface area contributed by atoms with Crippen LogP contribution < -0.4 is 0 Å². The van der Waals surface area contributed by atoms with Crippen molar-refractivity contribution in [1.82, 2.24) is 15.0 Å². The molecule has 0 fully saturated rings. The van der Waals surface area contributed by atoms with E-state index < -0.39 is 5.97 Å². The van der Waals surface area contributed by atoms with Crippen molar-refractivity contribution >= 4 is 17.3 Å². The Bertz CT molecular complexity index is 761. The maximum Gasteiger partial charge on any atom is 0.338 e. The van der Waals surface area contributed by atoms with Crippen LogP contribution in [0.5, 0.6) is 0 Å². The van der Waals surface area contributed by atoms with E-state index in [1.54, 1.807) is 17.8 Å². The molecule has 6 nitrogen and oxygen atoms in total. The first-order valence-corrected chi connectivity index (χ1v) is 6.58. The van der Waals surface area contributed by atoms with Gasteiger partial charge in [-0.15, -0.1) is 11.3 Å². The predicted molar refractivity (Wildman–Crippen MR) is 72.5 cm³/mol. The van der Waals surface area contributed by atoms with Gasteiger partial charge in [-0.1, -0.05) is 0 Å². The largest absolute Gasteiger partial charge is 0.478 e. The Morgan fingerprint density at radius 1 is 1.35 bits per heavy atom. The van der Waals surface area contributed by atoms with Crippen molar-refractivity contribution in [3.05, 3.63) is 41.2 Å². The lowest BCUT2D eigenvalue weighted by atomic mass is 10.3. The molecule has 3 aromatic heterocycles. The SMILES string of the molecule is Cc1cnc(-c2nc(-c3cc(C(=O)O)co3)cs2)nc1. The van der Waals surface area contributed by atoms with Crippen LogP contribution in [0.4, 0.5) is 0 Å². The van der Waals surface area contributed by atoms with Crippen LogP contribution >= 0.6 is 11.3 Å². The topological polar surface area (TPSA) is 89.1 Å². The van der Waals surface area contributed by atoms with E-state index in [0.29, 0.717) is 22.3 Å². The monoisotopic (exact) mass is 287 g/mol. The van der Waals surface area contributed by atoms with Crippen molar-refractivity contribution in [3.63, 3.8) is 0 Å². The highest BCUT2D eigenvalue weighted by molar-refractivity contribution is 7.13. The minimum absolute atomic E-state index is 0.0983. The van der Waals surface area contributed by atoms with Gasteiger partial charge in [-0.3, -0.25) is 0 Å². The number of carboxylic acids is 1. The van der Waals surface area contributed by atoms with E-state index in [2.05, 4.69) is 15.0 Å². The number of hydrogen-bond acceptors (Lipinski definition) is 6. The Morgan fingerprint density at radius 2 is 2.10 bits per heavy atom. The van der Waals surface area contributed by atoms with Gasteiger partial charge in [0.25, 0.3) is 0 Å². The predicted octanol–water partition coefficient (Wildman–Crippen LogP) is 2.87. The van der Waals surface area contributed by atoms with Crippen molar-refractivity contribution in [2.24, 2.45) is 0 Å². The van der Waals surface area contributed by atoms with Crippen LogP contribution in [0.15, 0.2) is 34.5 Å². The van der Waals surface area contributed by atoms with E-state index in [4.69, 9.17) is 9.52 Å². The molecule has 0 aliphatic rings. The Hall–Kier alpha value is -2.54. The number of aryl methyl sites for hydroxylation is 1. The van der Waals surface area contributed by atoms with E-state index in [1.807, 2.05) is 6.92 Å². The second-order valence-corrected chi connectivity index (χ2v) is 4.98. The van der Waals surface area contributed by atoms with Gasteiger partial charge in [-0.25, -0.2) is 19.7 Å². The fourth-order valence-electron chi connectivity index (χ4n) is 1.58. The van der Waals surface area contributed by atoms with Gasteiger partial charge in [0.15, 0.2) is 16.6 Å². The van der Waals surface area contributed by atoms with Crippen LogP contribution in [0.1, 0.15) is 15.9 Å². The molecule has 0 aliphatic heterocycles. The molecule has 0 unspecified atom stereocenters. The lowest BCUT2D eigenvalue weighted by Crippen LogP contribution is -1.91. The van der Waals surface area contributed by atoms with Crippen LogP contribution in [0.3, 0.4) is 0 Å². The summed E-state index contributed by atoms with van der Waals surface area (Å²) in [6.07, 6.45) is 4.64. The van der Waals surface area contributed by atoms with E-state index in [-0.39, 0.29) is 5.56 Å². The van der Waals surface area contributed by atoms with Gasteiger partial charge in [0, 0.05) is 23.8 Å². The zero-order valence-electron chi connectivity index (χ0n) is 10.4. The Morgan fingerprint density at radius 3 is 2.75 bits per heavy atom. The Kier molecular flexibility index (Phi) is 3.03. The molecular weight excluding hydrogens is 278 g/mol. The summed E-state index contributed by atoms with van der Waals surface area (Å²) >= 11 is 1.38. The molecule has 3 aromatic rings. The smallest absolute Gasteiger partial charge is 0.338 e. The number of furan rings is 1. The molecule has 0 aromatic carbocycles. The van der Waals surface area contributed by atoms with E-state index in [1.165, 1.54) is 23.7 Å². The van der Waals surface area contributed by atoms with Crippen molar-refractivity contribution in [2.45, 2.75) is 6.92 Å². The molecule has 0 radical (unpaired) electrons. The maximum atomic E-state index is 10.8. The quantitative estimate of drug-likeness (QED) is 0.796. The third-order valence-electron chi connectivity index (χ3n) is 2.58. The molecule has 0 atom stereocenters. The number of nitrogens with zero attached hydrogens (tertiary/aromatic N) is 3. The van der Waals surface area contributed by atoms with E-state index in [9.17, 15) is 4.79 Å². The number of thiazole rings is 1. The average molecular weight is 287 g/mol. The number of hydrogen-bond donors (Lipinski definition) is 1. The molecule has 1 N–H and O–H groups in total. The van der Waals surface area contributed by atoms with Gasteiger partial charge in [-0.2, -0.15) is 0 Å². The van der Waals surface area contributed by atoms with Crippen LogP contribution in [0.25, 0.3) is 22.3 Å². The van der Waals surface area contributed by atoms with Gasteiger partial charge in [-0.05, 0) is 12.5 Å². The molecule has 20 heavy (non-hydrogen) atoms. The third kappa shape index (κ3) is 2.30. The summed E-state index contributed by atoms with van der Waals surface area (Å²) in [7, 11) is 0. The molecule has 0 saturated heterocycles. The molecule has 7 heteroatoms. The lowest BCUT2D eigenvalue weighted by Gasteiger charge is -1.94. The zero-order valence-corrected chi connectivity index (χ0v) is 11.2. The fraction of sp³-hybridized carbons (Fsp3) is 0.0769. The molecule has 0 aliphatic carbocycles. The molecule has 0 amide bonds. The molecular formula is C13H9N3O3S. The summed E-state index contributed by atoms with van der Waals surface area (Å²) in [6, 6.07) is 1.44. The van der Waals surface area contributed by atoms with Crippen molar-refractivity contribution in [1.29, 1.82) is 0 Å². The summed E-state index contributed by atoms with van der Waals surface area (Å²) in [5, 5.41) is 11.3. The number of carbonyl (C=O) groups is 1. The van der Waals surface area contributed by atoms with Gasteiger partial charge < -0.3 is 9.52 Å². The van der Waals surface area contributed by atoms with Crippen LogP contribution in [-0.2, 0) is 0 Å². The van der Waals surface area contributed by atoms with E-state index in [0.717, 1.165) is 5.56 Å². The number of rotatable bonds is 3. The number of aromatic carboxylic acids is 1. The average Bonchev–Trinajstić information content (AvgIpc) is 3.08. The van der Waals surface area contributed by atoms with Crippen molar-refractivity contribution in [3.8, 4) is 22.3 Å². The minimum atomic E-state index is -1.03. The minimum Gasteiger partial charge on any atom is -0.478 e. The highest BCUT2D eigenvalue weighted by Gasteiger charge is 2.14. The lowest BCUT2D eigenvalue weighted by molar-refractivity contribution is 0.0696. The Labute approximate surface area is 117 Å². The zero-order chi connectivity index (χ0) is 14.1. The number of aromatic nitrogens is 3. The second-order valence-electron chi connectivity index (χ2n) is 4.13. The summed E-state index contributed by atoms with van der Waals surface area (Å²) in [5.74, 6) is -0.0776. The molecule has 0 spiro atoms. The summed E-state index contributed by atoms with van der Waals surface area (Å²) < 4.78 is 5.20. The van der Waals surface area contributed by atoms with Crippen LogP contribution in [-0.4, -0.2) is 26.0 Å². The first-order valence-electron chi connectivity index (χ1n) is 5.70. The summed E-state index contributed by atoms with van der Waals surface area (Å²) in [4.78, 5) is 23.6.